The lowest BCUT2D eigenvalue weighted by molar-refractivity contribution is -0.114. The first-order valence-corrected chi connectivity index (χ1v) is 8.93. The van der Waals surface area contributed by atoms with Crippen LogP contribution < -0.4 is 0 Å². The van der Waals surface area contributed by atoms with E-state index in [9.17, 15) is 4.79 Å². The van der Waals surface area contributed by atoms with Crippen LogP contribution in [0, 0.1) is 0 Å². The number of carbonyl (C=O) groups excluding carboxylic acids is 1. The van der Waals surface area contributed by atoms with Gasteiger partial charge in [-0.3, -0.25) is 4.79 Å². The van der Waals surface area contributed by atoms with Crippen molar-refractivity contribution in [2.24, 2.45) is 0 Å². The molecule has 0 heterocycles. The minimum atomic E-state index is -1.22. The first kappa shape index (κ1) is 10.4. The standard InChI is InChI=1S/C9H15IOSi/c1-12(2,3)9(10)7-5-4-6-8(7)11/h4-6H2,1-3H3. The van der Waals surface area contributed by atoms with Crippen molar-refractivity contribution in [1.82, 2.24) is 0 Å². The highest BCUT2D eigenvalue weighted by molar-refractivity contribution is 14.1. The maximum Gasteiger partial charge on any atom is 0.159 e. The van der Waals surface area contributed by atoms with Gasteiger partial charge in [0.25, 0.3) is 0 Å². The molecule has 1 saturated carbocycles. The van der Waals surface area contributed by atoms with Crippen LogP contribution in [-0.2, 0) is 4.79 Å². The topological polar surface area (TPSA) is 17.1 Å². The highest BCUT2D eigenvalue weighted by Gasteiger charge is 2.27. The average molecular weight is 294 g/mol. The smallest absolute Gasteiger partial charge is 0.159 e. The van der Waals surface area contributed by atoms with Crippen LogP contribution in [0.15, 0.2) is 8.78 Å². The highest BCUT2D eigenvalue weighted by atomic mass is 127. The highest BCUT2D eigenvalue weighted by Crippen LogP contribution is 2.32. The predicted molar refractivity (Wildman–Crippen MR) is 63.3 cm³/mol. The van der Waals surface area contributed by atoms with Gasteiger partial charge in [0.1, 0.15) is 0 Å². The van der Waals surface area contributed by atoms with Crippen LogP contribution in [0.25, 0.3) is 0 Å². The molecule has 3 heteroatoms. The quantitative estimate of drug-likeness (QED) is 0.412. The number of hydrogen-bond donors (Lipinski definition) is 0. The summed E-state index contributed by atoms with van der Waals surface area (Å²) in [7, 11) is -1.22. The van der Waals surface area contributed by atoms with Crippen molar-refractivity contribution in [1.29, 1.82) is 0 Å². The molecule has 1 nitrogen and oxygen atoms in total. The lowest BCUT2D eigenvalue weighted by atomic mass is 10.2. The Bertz CT molecular complexity index is 237. The molecule has 0 aromatic carbocycles. The van der Waals surface area contributed by atoms with Crippen molar-refractivity contribution in [2.75, 3.05) is 0 Å². The zero-order chi connectivity index (χ0) is 9.35. The van der Waals surface area contributed by atoms with E-state index in [4.69, 9.17) is 0 Å². The molecule has 0 aromatic rings. The summed E-state index contributed by atoms with van der Waals surface area (Å²) in [6.45, 7) is 6.90. The Morgan fingerprint density at radius 2 is 1.92 bits per heavy atom. The van der Waals surface area contributed by atoms with Crippen LogP contribution in [0.3, 0.4) is 0 Å². The van der Waals surface area contributed by atoms with Gasteiger partial charge in [-0.15, -0.1) is 0 Å². The van der Waals surface area contributed by atoms with Gasteiger partial charge in [0, 0.05) is 12.0 Å². The van der Waals surface area contributed by atoms with E-state index in [-0.39, 0.29) is 0 Å². The van der Waals surface area contributed by atoms with Gasteiger partial charge in [-0.2, -0.15) is 0 Å². The second-order valence-electron chi connectivity index (χ2n) is 4.32. The third-order valence-corrected chi connectivity index (χ3v) is 9.21. The summed E-state index contributed by atoms with van der Waals surface area (Å²) in [5.41, 5.74) is 1.15. The van der Waals surface area contributed by atoms with Crippen LogP contribution in [-0.4, -0.2) is 13.9 Å². The van der Waals surface area contributed by atoms with E-state index in [1.807, 2.05) is 0 Å². The van der Waals surface area contributed by atoms with E-state index in [0.717, 1.165) is 24.8 Å². The van der Waals surface area contributed by atoms with Crippen LogP contribution in [0.4, 0.5) is 0 Å². The lowest BCUT2D eigenvalue weighted by Crippen LogP contribution is -2.22. The van der Waals surface area contributed by atoms with E-state index < -0.39 is 8.07 Å². The molecular weight excluding hydrogens is 279 g/mol. The Kier molecular flexibility index (Phi) is 3.14. The largest absolute Gasteiger partial charge is 0.295 e. The molecule has 1 aliphatic carbocycles. The molecule has 1 aliphatic rings. The summed E-state index contributed by atoms with van der Waals surface area (Å²) in [5, 5.41) is 0. The molecule has 0 bridgehead atoms. The zero-order valence-electron chi connectivity index (χ0n) is 7.91. The third-order valence-electron chi connectivity index (χ3n) is 2.09. The summed E-state index contributed by atoms with van der Waals surface area (Å²) >= 11 is 2.39. The normalized spacial score (nSPS) is 23.2. The number of carbonyl (C=O) groups is 1. The average Bonchev–Trinajstić information content (AvgIpc) is 2.31. The van der Waals surface area contributed by atoms with E-state index in [1.54, 1.807) is 0 Å². The first-order valence-electron chi connectivity index (χ1n) is 4.35. The molecule has 0 saturated heterocycles. The number of hydrogen-bond acceptors (Lipinski definition) is 1. The van der Waals surface area contributed by atoms with Gasteiger partial charge >= 0.3 is 0 Å². The maximum atomic E-state index is 11.4. The Morgan fingerprint density at radius 1 is 1.33 bits per heavy atom. The Balaban J connectivity index is 2.97. The molecule has 0 atom stereocenters. The summed E-state index contributed by atoms with van der Waals surface area (Å²) in [4.78, 5) is 11.4. The van der Waals surface area contributed by atoms with Gasteiger partial charge in [-0.25, -0.2) is 0 Å². The second kappa shape index (κ2) is 3.62. The van der Waals surface area contributed by atoms with Crippen molar-refractivity contribution < 1.29 is 4.79 Å². The molecule has 12 heavy (non-hydrogen) atoms. The van der Waals surface area contributed by atoms with Gasteiger partial charge in [0.2, 0.25) is 0 Å². The van der Waals surface area contributed by atoms with Crippen molar-refractivity contribution in [2.45, 2.75) is 38.9 Å². The molecule has 0 spiro atoms. The molecule has 0 unspecified atom stereocenters. The summed E-state index contributed by atoms with van der Waals surface area (Å²) in [6.07, 6.45) is 2.89. The van der Waals surface area contributed by atoms with Crippen molar-refractivity contribution in [3.63, 3.8) is 0 Å². The van der Waals surface area contributed by atoms with E-state index >= 15 is 0 Å². The maximum absolute atomic E-state index is 11.4. The van der Waals surface area contributed by atoms with Gasteiger partial charge in [-0.05, 0) is 16.0 Å². The summed E-state index contributed by atoms with van der Waals surface area (Å²) in [6, 6.07) is 0. The molecule has 1 rings (SSSR count). The fourth-order valence-electron chi connectivity index (χ4n) is 1.40. The number of Topliss-reactive ketones (excluding diaryl/α,β-unsaturated/α-hetero) is 1. The number of rotatable bonds is 1. The number of ketones is 1. The molecule has 68 valence electrons. The third kappa shape index (κ3) is 2.19. The van der Waals surface area contributed by atoms with Gasteiger partial charge in [0.15, 0.2) is 5.78 Å². The molecule has 0 radical (unpaired) electrons. The summed E-state index contributed by atoms with van der Waals surface area (Å²) in [5.74, 6) is 0.404. The van der Waals surface area contributed by atoms with Gasteiger partial charge < -0.3 is 0 Å². The fourth-order valence-corrected chi connectivity index (χ4v) is 3.14. The summed E-state index contributed by atoms with van der Waals surface area (Å²) < 4.78 is 1.39. The molecular formula is C9H15IOSi. The van der Waals surface area contributed by atoms with Gasteiger partial charge in [-0.1, -0.05) is 42.2 Å². The second-order valence-corrected chi connectivity index (χ2v) is 11.4. The SMILES string of the molecule is C[Si](C)(C)C(I)=C1CCCC1=O. The van der Waals surface area contributed by atoms with Crippen LogP contribution in [0.5, 0.6) is 0 Å². The monoisotopic (exact) mass is 294 g/mol. The number of allylic oxidation sites excluding steroid dienone is 1. The first-order chi connectivity index (χ1) is 5.43. The molecule has 0 N–H and O–H groups in total. The molecule has 0 aliphatic heterocycles. The number of halogens is 1. The molecule has 0 amide bonds. The zero-order valence-corrected chi connectivity index (χ0v) is 11.1. The molecule has 0 aromatic heterocycles. The Hall–Kier alpha value is 0.357. The lowest BCUT2D eigenvalue weighted by Gasteiger charge is -2.17. The molecule has 1 fully saturated rings. The van der Waals surface area contributed by atoms with E-state index in [1.165, 1.54) is 3.20 Å². The Morgan fingerprint density at radius 3 is 2.25 bits per heavy atom. The van der Waals surface area contributed by atoms with Crippen molar-refractivity contribution in [3.05, 3.63) is 8.78 Å². The van der Waals surface area contributed by atoms with E-state index in [2.05, 4.69) is 42.2 Å². The minimum Gasteiger partial charge on any atom is -0.295 e. The predicted octanol–water partition coefficient (Wildman–Crippen LogP) is 3.31. The van der Waals surface area contributed by atoms with Gasteiger partial charge in [0.05, 0.1) is 8.07 Å². The van der Waals surface area contributed by atoms with Crippen molar-refractivity contribution >= 4 is 36.4 Å². The fraction of sp³-hybridized carbons (Fsp3) is 0.667. The minimum absolute atomic E-state index is 0.404. The van der Waals surface area contributed by atoms with Crippen LogP contribution in [0.1, 0.15) is 19.3 Å². The van der Waals surface area contributed by atoms with Crippen LogP contribution >= 0.6 is 22.6 Å². The Labute approximate surface area is 88.8 Å². The van der Waals surface area contributed by atoms with E-state index in [0.29, 0.717) is 5.78 Å². The van der Waals surface area contributed by atoms with Crippen LogP contribution in [0.2, 0.25) is 19.6 Å². The van der Waals surface area contributed by atoms with Crippen molar-refractivity contribution in [3.8, 4) is 0 Å².